The number of carbonyl (C=O) groups is 1. The Kier molecular flexibility index (Phi) is 4.20. The van der Waals surface area contributed by atoms with Crippen LogP contribution in [-0.2, 0) is 9.53 Å². The molecule has 1 aromatic heterocycles. The van der Waals surface area contributed by atoms with Crippen molar-refractivity contribution in [2.45, 2.75) is 12.5 Å². The van der Waals surface area contributed by atoms with Gasteiger partial charge in [0.1, 0.15) is 17.9 Å². The Morgan fingerprint density at radius 3 is 2.85 bits per heavy atom. The molecule has 0 spiro atoms. The standard InChI is InChI=1S/C15H18N2O3/c1-15(16-2,14(18)19-3)10-20-13-8-4-7-12-11(13)6-5-9-17-12/h4-9,16H,10H2,1-3H3. The van der Waals surface area contributed by atoms with E-state index in [0.29, 0.717) is 5.75 Å². The highest BCUT2D eigenvalue weighted by Gasteiger charge is 2.33. The molecule has 1 aromatic carbocycles. The van der Waals surface area contributed by atoms with Gasteiger partial charge in [0, 0.05) is 11.6 Å². The van der Waals surface area contributed by atoms with E-state index in [4.69, 9.17) is 9.47 Å². The number of hydrogen-bond acceptors (Lipinski definition) is 5. The Hall–Kier alpha value is -2.14. The number of rotatable bonds is 5. The largest absolute Gasteiger partial charge is 0.490 e. The van der Waals surface area contributed by atoms with Crippen LogP contribution in [0.1, 0.15) is 6.92 Å². The number of fused-ring (bicyclic) bond motifs is 1. The molecule has 0 saturated carbocycles. The fourth-order valence-electron chi connectivity index (χ4n) is 1.88. The first-order valence-electron chi connectivity index (χ1n) is 6.34. The summed E-state index contributed by atoms with van der Waals surface area (Å²) in [6, 6.07) is 9.44. The van der Waals surface area contributed by atoms with Gasteiger partial charge in [-0.3, -0.25) is 4.98 Å². The van der Waals surface area contributed by atoms with Crippen molar-refractivity contribution in [3.8, 4) is 5.75 Å². The van der Waals surface area contributed by atoms with Gasteiger partial charge in [0.15, 0.2) is 0 Å². The lowest BCUT2D eigenvalue weighted by atomic mass is 10.1. The number of aromatic nitrogens is 1. The van der Waals surface area contributed by atoms with Crippen LogP contribution in [0.3, 0.4) is 0 Å². The van der Waals surface area contributed by atoms with Crippen LogP contribution < -0.4 is 10.1 Å². The summed E-state index contributed by atoms with van der Waals surface area (Å²) in [5.74, 6) is 0.333. The average molecular weight is 274 g/mol. The van der Waals surface area contributed by atoms with Gasteiger partial charge in [0.25, 0.3) is 0 Å². The molecule has 1 heterocycles. The maximum atomic E-state index is 11.8. The van der Waals surface area contributed by atoms with E-state index < -0.39 is 5.54 Å². The van der Waals surface area contributed by atoms with Gasteiger partial charge in [0.2, 0.25) is 0 Å². The van der Waals surface area contributed by atoms with Crippen LogP contribution in [0.15, 0.2) is 36.5 Å². The van der Waals surface area contributed by atoms with Crippen LogP contribution in [0.25, 0.3) is 10.9 Å². The average Bonchev–Trinajstić information content (AvgIpc) is 2.51. The molecule has 0 bridgehead atoms. The van der Waals surface area contributed by atoms with Gasteiger partial charge in [-0.15, -0.1) is 0 Å². The number of benzene rings is 1. The van der Waals surface area contributed by atoms with E-state index in [1.807, 2.05) is 30.3 Å². The van der Waals surface area contributed by atoms with E-state index in [-0.39, 0.29) is 12.6 Å². The number of pyridine rings is 1. The predicted octanol–water partition coefficient (Wildman–Crippen LogP) is 1.76. The molecule has 106 valence electrons. The van der Waals surface area contributed by atoms with Crippen LogP contribution in [0.2, 0.25) is 0 Å². The Bertz CT molecular complexity index is 610. The van der Waals surface area contributed by atoms with Gasteiger partial charge >= 0.3 is 5.97 Å². The van der Waals surface area contributed by atoms with Crippen molar-refractivity contribution in [2.75, 3.05) is 20.8 Å². The Balaban J connectivity index is 2.23. The molecule has 1 N–H and O–H groups in total. The number of nitrogens with one attached hydrogen (secondary N) is 1. The molecule has 2 rings (SSSR count). The van der Waals surface area contributed by atoms with Crippen LogP contribution in [0, 0.1) is 0 Å². The summed E-state index contributed by atoms with van der Waals surface area (Å²) in [6.45, 7) is 1.91. The second-order valence-electron chi connectivity index (χ2n) is 4.69. The molecule has 2 aromatic rings. The minimum Gasteiger partial charge on any atom is -0.490 e. The topological polar surface area (TPSA) is 60.5 Å². The van der Waals surface area contributed by atoms with E-state index in [0.717, 1.165) is 10.9 Å². The molecule has 0 aliphatic carbocycles. The molecule has 5 nitrogen and oxygen atoms in total. The first kappa shape index (κ1) is 14.3. The molecule has 20 heavy (non-hydrogen) atoms. The highest BCUT2D eigenvalue weighted by atomic mass is 16.5. The minimum absolute atomic E-state index is 0.171. The number of hydrogen-bond donors (Lipinski definition) is 1. The van der Waals surface area contributed by atoms with Gasteiger partial charge in [0.05, 0.1) is 12.6 Å². The van der Waals surface area contributed by atoms with Gasteiger partial charge in [-0.25, -0.2) is 4.79 Å². The molecule has 0 amide bonds. The number of nitrogens with zero attached hydrogens (tertiary/aromatic N) is 1. The molecule has 1 atom stereocenters. The fourth-order valence-corrected chi connectivity index (χ4v) is 1.88. The summed E-state index contributed by atoms with van der Waals surface area (Å²) in [5, 5.41) is 3.85. The van der Waals surface area contributed by atoms with Crippen LogP contribution in [0.5, 0.6) is 5.75 Å². The summed E-state index contributed by atoms with van der Waals surface area (Å²) >= 11 is 0. The van der Waals surface area contributed by atoms with E-state index >= 15 is 0 Å². The first-order chi connectivity index (χ1) is 9.60. The number of methoxy groups -OCH3 is 1. The number of esters is 1. The zero-order chi connectivity index (χ0) is 14.6. The Morgan fingerprint density at radius 1 is 1.35 bits per heavy atom. The molecule has 1 unspecified atom stereocenters. The van der Waals surface area contributed by atoms with Crippen molar-refractivity contribution in [2.24, 2.45) is 0 Å². The summed E-state index contributed by atoms with van der Waals surface area (Å²) in [5.41, 5.74) is -0.0340. The minimum atomic E-state index is -0.890. The van der Waals surface area contributed by atoms with Gasteiger partial charge in [-0.1, -0.05) is 6.07 Å². The number of ether oxygens (including phenoxy) is 2. The fraction of sp³-hybridized carbons (Fsp3) is 0.333. The quantitative estimate of drug-likeness (QED) is 0.842. The highest BCUT2D eigenvalue weighted by molar-refractivity contribution is 5.85. The third-order valence-electron chi connectivity index (χ3n) is 3.31. The molecule has 5 heteroatoms. The lowest BCUT2D eigenvalue weighted by molar-refractivity contribution is -0.148. The normalized spacial score (nSPS) is 13.8. The van der Waals surface area contributed by atoms with Crippen molar-refractivity contribution in [3.05, 3.63) is 36.5 Å². The van der Waals surface area contributed by atoms with Crippen molar-refractivity contribution in [1.82, 2.24) is 10.3 Å². The molecule has 0 fully saturated rings. The summed E-state index contributed by atoms with van der Waals surface area (Å²) in [6.07, 6.45) is 1.73. The van der Waals surface area contributed by atoms with Crippen molar-refractivity contribution in [1.29, 1.82) is 0 Å². The van der Waals surface area contributed by atoms with E-state index in [9.17, 15) is 4.79 Å². The third kappa shape index (κ3) is 2.72. The molecule has 0 aliphatic heterocycles. The molecule has 0 saturated heterocycles. The second-order valence-corrected chi connectivity index (χ2v) is 4.69. The van der Waals surface area contributed by atoms with Crippen molar-refractivity contribution >= 4 is 16.9 Å². The van der Waals surface area contributed by atoms with Crippen LogP contribution >= 0.6 is 0 Å². The summed E-state index contributed by atoms with van der Waals surface area (Å²) < 4.78 is 10.6. The zero-order valence-electron chi connectivity index (χ0n) is 11.8. The second kappa shape index (κ2) is 5.88. The van der Waals surface area contributed by atoms with Crippen molar-refractivity contribution < 1.29 is 14.3 Å². The van der Waals surface area contributed by atoms with Crippen LogP contribution in [-0.4, -0.2) is 37.3 Å². The Labute approximate surface area is 117 Å². The predicted molar refractivity (Wildman–Crippen MR) is 76.7 cm³/mol. The number of likely N-dealkylation sites (N-methyl/N-ethyl adjacent to an activating group) is 1. The zero-order valence-corrected chi connectivity index (χ0v) is 11.8. The van der Waals surface area contributed by atoms with E-state index in [2.05, 4.69) is 10.3 Å². The van der Waals surface area contributed by atoms with E-state index in [1.54, 1.807) is 20.2 Å². The van der Waals surface area contributed by atoms with E-state index in [1.165, 1.54) is 7.11 Å². The first-order valence-corrected chi connectivity index (χ1v) is 6.34. The van der Waals surface area contributed by atoms with Crippen LogP contribution in [0.4, 0.5) is 0 Å². The molecule has 0 radical (unpaired) electrons. The summed E-state index contributed by atoms with van der Waals surface area (Å²) in [7, 11) is 3.06. The summed E-state index contributed by atoms with van der Waals surface area (Å²) in [4.78, 5) is 16.0. The van der Waals surface area contributed by atoms with Crippen molar-refractivity contribution in [3.63, 3.8) is 0 Å². The maximum Gasteiger partial charge on any atom is 0.329 e. The molecular weight excluding hydrogens is 256 g/mol. The smallest absolute Gasteiger partial charge is 0.329 e. The lowest BCUT2D eigenvalue weighted by Gasteiger charge is -2.26. The van der Waals surface area contributed by atoms with Gasteiger partial charge in [-0.05, 0) is 38.2 Å². The van der Waals surface area contributed by atoms with Gasteiger partial charge in [-0.2, -0.15) is 0 Å². The SMILES string of the molecule is CNC(C)(COc1cccc2ncccc12)C(=O)OC. The molecule has 0 aliphatic rings. The molecular formula is C15H18N2O3. The highest BCUT2D eigenvalue weighted by Crippen LogP contribution is 2.24. The van der Waals surface area contributed by atoms with Gasteiger partial charge < -0.3 is 14.8 Å². The third-order valence-corrected chi connectivity index (χ3v) is 3.31. The monoisotopic (exact) mass is 274 g/mol. The lowest BCUT2D eigenvalue weighted by Crippen LogP contribution is -2.52. The Morgan fingerprint density at radius 2 is 2.15 bits per heavy atom. The number of carbonyl (C=O) groups excluding carboxylic acids is 1. The maximum absolute atomic E-state index is 11.8.